The number of carbonyl (C=O) groups is 1. The Balaban J connectivity index is 1.88. The van der Waals surface area contributed by atoms with Crippen molar-refractivity contribution in [3.63, 3.8) is 0 Å². The molecule has 1 amide bonds. The lowest BCUT2D eigenvalue weighted by atomic mass is 10.2. The number of benzene rings is 3. The van der Waals surface area contributed by atoms with Gasteiger partial charge in [0.25, 0.3) is 10.0 Å². The van der Waals surface area contributed by atoms with Crippen LogP contribution in [0.4, 0.5) is 11.4 Å². The van der Waals surface area contributed by atoms with Crippen LogP contribution in [0.1, 0.15) is 6.92 Å². The van der Waals surface area contributed by atoms with Gasteiger partial charge in [-0.3, -0.25) is 9.10 Å². The predicted molar refractivity (Wildman–Crippen MR) is 127 cm³/mol. The summed E-state index contributed by atoms with van der Waals surface area (Å²) in [4.78, 5) is 12.9. The number of amides is 1. The molecule has 33 heavy (non-hydrogen) atoms. The number of hydrogen-bond donors (Lipinski definition) is 1. The molecule has 8 nitrogen and oxygen atoms in total. The van der Waals surface area contributed by atoms with E-state index in [9.17, 15) is 13.2 Å². The summed E-state index contributed by atoms with van der Waals surface area (Å²) in [5.74, 6) is 1.01. The van der Waals surface area contributed by atoms with E-state index in [0.717, 1.165) is 4.31 Å². The second-order valence-corrected chi connectivity index (χ2v) is 8.73. The molecule has 0 fully saturated rings. The van der Waals surface area contributed by atoms with Crippen LogP contribution in [-0.4, -0.2) is 41.7 Å². The lowest BCUT2D eigenvalue weighted by Crippen LogP contribution is -2.38. The SMILES string of the molecule is CCOc1ccc(S(=O)(=O)N(CC(=O)Nc2ccc(OC)c(OC)c2)c2ccccc2)cc1. The lowest BCUT2D eigenvalue weighted by Gasteiger charge is -2.24. The number of ether oxygens (including phenoxy) is 3. The van der Waals surface area contributed by atoms with Gasteiger partial charge in [0.05, 0.1) is 31.4 Å². The van der Waals surface area contributed by atoms with Gasteiger partial charge in [-0.2, -0.15) is 0 Å². The molecule has 9 heteroatoms. The van der Waals surface area contributed by atoms with E-state index in [1.807, 2.05) is 6.92 Å². The molecule has 174 valence electrons. The monoisotopic (exact) mass is 470 g/mol. The maximum Gasteiger partial charge on any atom is 0.264 e. The largest absolute Gasteiger partial charge is 0.494 e. The van der Waals surface area contributed by atoms with Gasteiger partial charge in [-0.05, 0) is 55.5 Å². The summed E-state index contributed by atoms with van der Waals surface area (Å²) in [7, 11) is -1.02. The van der Waals surface area contributed by atoms with Crippen molar-refractivity contribution < 1.29 is 27.4 Å². The Morgan fingerprint density at radius 3 is 2.18 bits per heavy atom. The first-order valence-corrected chi connectivity index (χ1v) is 11.7. The van der Waals surface area contributed by atoms with Crippen LogP contribution in [0.25, 0.3) is 0 Å². The molecule has 0 radical (unpaired) electrons. The zero-order valence-corrected chi connectivity index (χ0v) is 19.5. The molecule has 0 bridgehead atoms. The first-order chi connectivity index (χ1) is 15.9. The number of carbonyl (C=O) groups excluding carboxylic acids is 1. The summed E-state index contributed by atoms with van der Waals surface area (Å²) >= 11 is 0. The molecular formula is C24H26N2O6S. The first kappa shape index (κ1) is 23.9. The van der Waals surface area contributed by atoms with Crippen molar-refractivity contribution in [2.45, 2.75) is 11.8 Å². The molecule has 0 spiro atoms. The number of hydrogen-bond acceptors (Lipinski definition) is 6. The van der Waals surface area contributed by atoms with E-state index < -0.39 is 22.5 Å². The minimum absolute atomic E-state index is 0.0497. The van der Waals surface area contributed by atoms with Gasteiger partial charge in [0.15, 0.2) is 11.5 Å². The number of anilines is 2. The Hall–Kier alpha value is -3.72. The van der Waals surface area contributed by atoms with Gasteiger partial charge in [0.2, 0.25) is 5.91 Å². The van der Waals surface area contributed by atoms with Crippen molar-refractivity contribution in [2.75, 3.05) is 37.0 Å². The van der Waals surface area contributed by atoms with Crippen molar-refractivity contribution in [2.24, 2.45) is 0 Å². The first-order valence-electron chi connectivity index (χ1n) is 10.2. The maximum atomic E-state index is 13.4. The van der Waals surface area contributed by atoms with Gasteiger partial charge in [0.1, 0.15) is 12.3 Å². The highest BCUT2D eigenvalue weighted by molar-refractivity contribution is 7.92. The Bertz CT molecular complexity index is 1180. The molecule has 0 unspecified atom stereocenters. The van der Waals surface area contributed by atoms with E-state index in [1.54, 1.807) is 60.7 Å². The van der Waals surface area contributed by atoms with Crippen molar-refractivity contribution in [3.05, 3.63) is 72.8 Å². The number of nitrogens with zero attached hydrogens (tertiary/aromatic N) is 1. The van der Waals surface area contributed by atoms with Crippen LogP contribution in [0.5, 0.6) is 17.2 Å². The van der Waals surface area contributed by atoms with Crippen molar-refractivity contribution in [1.29, 1.82) is 0 Å². The fourth-order valence-corrected chi connectivity index (χ4v) is 4.58. The molecule has 3 rings (SSSR count). The fraction of sp³-hybridized carbons (Fsp3) is 0.208. The van der Waals surface area contributed by atoms with Crippen molar-refractivity contribution in [3.8, 4) is 17.2 Å². The normalized spacial score (nSPS) is 10.9. The van der Waals surface area contributed by atoms with E-state index >= 15 is 0 Å². The summed E-state index contributed by atoms with van der Waals surface area (Å²) in [5, 5.41) is 2.72. The van der Waals surface area contributed by atoms with Crippen LogP contribution in [-0.2, 0) is 14.8 Å². The van der Waals surface area contributed by atoms with Crippen LogP contribution in [0.3, 0.4) is 0 Å². The summed E-state index contributed by atoms with van der Waals surface area (Å²) < 4.78 is 43.8. The molecule has 0 aliphatic heterocycles. The van der Waals surface area contributed by atoms with Gasteiger partial charge >= 0.3 is 0 Å². The Morgan fingerprint density at radius 1 is 0.909 bits per heavy atom. The lowest BCUT2D eigenvalue weighted by molar-refractivity contribution is -0.114. The standard InChI is InChI=1S/C24H26N2O6S/c1-4-32-20-11-13-21(14-12-20)33(28,29)26(19-8-6-5-7-9-19)17-24(27)25-18-10-15-22(30-2)23(16-18)31-3/h5-16H,4,17H2,1-3H3,(H,25,27). The molecular weight excluding hydrogens is 444 g/mol. The predicted octanol–water partition coefficient (Wildman–Crippen LogP) is 3.94. The van der Waals surface area contributed by atoms with E-state index in [2.05, 4.69) is 5.32 Å². The number of rotatable bonds is 10. The fourth-order valence-electron chi connectivity index (χ4n) is 3.16. The van der Waals surface area contributed by atoms with E-state index in [0.29, 0.717) is 35.2 Å². The maximum absolute atomic E-state index is 13.4. The van der Waals surface area contributed by atoms with Gasteiger partial charge in [-0.15, -0.1) is 0 Å². The average Bonchev–Trinajstić information content (AvgIpc) is 2.83. The molecule has 0 saturated carbocycles. The van der Waals surface area contributed by atoms with Crippen molar-refractivity contribution in [1.82, 2.24) is 0 Å². The number of para-hydroxylation sites is 1. The van der Waals surface area contributed by atoms with Gasteiger partial charge in [-0.25, -0.2) is 8.42 Å². The number of nitrogens with one attached hydrogen (secondary N) is 1. The topological polar surface area (TPSA) is 94.2 Å². The van der Waals surface area contributed by atoms with E-state index in [-0.39, 0.29) is 4.90 Å². The van der Waals surface area contributed by atoms with Crippen LogP contribution in [0.15, 0.2) is 77.7 Å². The zero-order valence-electron chi connectivity index (χ0n) is 18.6. The molecule has 0 atom stereocenters. The zero-order chi connectivity index (χ0) is 23.8. The minimum Gasteiger partial charge on any atom is -0.494 e. The molecule has 3 aromatic rings. The molecule has 0 aliphatic rings. The van der Waals surface area contributed by atoms with Crippen LogP contribution in [0, 0.1) is 0 Å². The van der Waals surface area contributed by atoms with Crippen LogP contribution < -0.4 is 23.8 Å². The Labute approximate surface area is 193 Å². The van der Waals surface area contributed by atoms with Crippen LogP contribution in [0.2, 0.25) is 0 Å². The number of sulfonamides is 1. The second kappa shape index (κ2) is 10.7. The number of methoxy groups -OCH3 is 2. The van der Waals surface area contributed by atoms with Gasteiger partial charge in [0, 0.05) is 11.8 Å². The van der Waals surface area contributed by atoms with Gasteiger partial charge in [-0.1, -0.05) is 18.2 Å². The molecule has 0 aromatic heterocycles. The third kappa shape index (κ3) is 5.75. The van der Waals surface area contributed by atoms with Crippen LogP contribution >= 0.6 is 0 Å². The summed E-state index contributed by atoms with van der Waals surface area (Å²) in [6.07, 6.45) is 0. The van der Waals surface area contributed by atoms with E-state index in [4.69, 9.17) is 14.2 Å². The summed E-state index contributed by atoms with van der Waals surface area (Å²) in [6, 6.07) is 19.5. The third-order valence-corrected chi connectivity index (χ3v) is 6.51. The smallest absolute Gasteiger partial charge is 0.264 e. The molecule has 1 N–H and O–H groups in total. The Morgan fingerprint density at radius 2 is 1.58 bits per heavy atom. The molecule has 0 heterocycles. The highest BCUT2D eigenvalue weighted by atomic mass is 32.2. The molecule has 3 aromatic carbocycles. The summed E-state index contributed by atoms with van der Waals surface area (Å²) in [5.41, 5.74) is 0.818. The summed E-state index contributed by atoms with van der Waals surface area (Å²) in [6.45, 7) is 1.89. The molecule has 0 saturated heterocycles. The average molecular weight is 471 g/mol. The van der Waals surface area contributed by atoms with Crippen molar-refractivity contribution >= 4 is 27.3 Å². The van der Waals surface area contributed by atoms with Gasteiger partial charge < -0.3 is 19.5 Å². The Kier molecular flexibility index (Phi) is 7.78. The van der Waals surface area contributed by atoms with E-state index in [1.165, 1.54) is 26.4 Å². The molecule has 0 aliphatic carbocycles. The quantitative estimate of drug-likeness (QED) is 0.482. The third-order valence-electron chi connectivity index (χ3n) is 4.72. The highest BCUT2D eigenvalue weighted by Crippen LogP contribution is 2.30. The highest BCUT2D eigenvalue weighted by Gasteiger charge is 2.27. The minimum atomic E-state index is -4.02. The second-order valence-electron chi connectivity index (χ2n) is 6.87.